The molecule has 2 saturated heterocycles. The van der Waals surface area contributed by atoms with Gasteiger partial charge in [-0.1, -0.05) is 12.1 Å². The van der Waals surface area contributed by atoms with Gasteiger partial charge in [0.1, 0.15) is 0 Å². The van der Waals surface area contributed by atoms with Crippen LogP contribution in [0.1, 0.15) is 37.7 Å². The summed E-state index contributed by atoms with van der Waals surface area (Å²) in [5.41, 5.74) is 1.26. The summed E-state index contributed by atoms with van der Waals surface area (Å²) >= 11 is 0. The highest BCUT2D eigenvalue weighted by Crippen LogP contribution is 2.40. The van der Waals surface area contributed by atoms with Crippen molar-refractivity contribution in [1.29, 1.82) is 0 Å². The van der Waals surface area contributed by atoms with Crippen molar-refractivity contribution in [2.24, 2.45) is 5.41 Å². The molecule has 1 aromatic rings. The number of rotatable bonds is 7. The SMILES string of the molecule is COC(=O)CCC(=O)N1CC[C@@]2(CCCN(Cc3cccc(OC)c3OC)C2)C1. The molecule has 0 N–H and O–H groups in total. The molecule has 29 heavy (non-hydrogen) atoms. The molecule has 2 aliphatic heterocycles. The van der Waals surface area contributed by atoms with Crippen molar-refractivity contribution in [3.63, 3.8) is 0 Å². The van der Waals surface area contributed by atoms with Crippen molar-refractivity contribution >= 4 is 11.9 Å². The van der Waals surface area contributed by atoms with Crippen LogP contribution in [0.5, 0.6) is 11.5 Å². The average molecular weight is 405 g/mol. The van der Waals surface area contributed by atoms with E-state index >= 15 is 0 Å². The topological polar surface area (TPSA) is 68.3 Å². The van der Waals surface area contributed by atoms with Gasteiger partial charge in [0.15, 0.2) is 11.5 Å². The summed E-state index contributed by atoms with van der Waals surface area (Å²) in [6.07, 6.45) is 3.66. The fourth-order valence-corrected chi connectivity index (χ4v) is 4.71. The molecular formula is C22H32N2O5. The molecule has 0 aromatic heterocycles. The quantitative estimate of drug-likeness (QED) is 0.651. The summed E-state index contributed by atoms with van der Waals surface area (Å²) in [4.78, 5) is 28.2. The Bertz CT molecular complexity index is 738. The number of piperidine rings is 1. The van der Waals surface area contributed by atoms with Gasteiger partial charge in [0.05, 0.1) is 27.8 Å². The van der Waals surface area contributed by atoms with Crippen LogP contribution in [0.15, 0.2) is 18.2 Å². The molecule has 1 aromatic carbocycles. The van der Waals surface area contributed by atoms with Gasteiger partial charge < -0.3 is 19.1 Å². The van der Waals surface area contributed by atoms with Crippen LogP contribution in [-0.4, -0.2) is 69.2 Å². The van der Waals surface area contributed by atoms with E-state index in [9.17, 15) is 9.59 Å². The van der Waals surface area contributed by atoms with Gasteiger partial charge in [-0.15, -0.1) is 0 Å². The van der Waals surface area contributed by atoms with E-state index in [-0.39, 0.29) is 30.1 Å². The van der Waals surface area contributed by atoms with Gasteiger partial charge in [-0.2, -0.15) is 0 Å². The lowest BCUT2D eigenvalue weighted by Crippen LogP contribution is -2.45. The van der Waals surface area contributed by atoms with Crippen LogP contribution in [0.4, 0.5) is 0 Å². The number of hydrogen-bond acceptors (Lipinski definition) is 6. The number of nitrogens with zero attached hydrogens (tertiary/aromatic N) is 2. The third-order valence-corrected chi connectivity index (χ3v) is 6.18. The number of likely N-dealkylation sites (tertiary alicyclic amines) is 2. The maximum atomic E-state index is 12.5. The van der Waals surface area contributed by atoms with E-state index in [0.717, 1.165) is 69.0 Å². The van der Waals surface area contributed by atoms with E-state index in [1.165, 1.54) is 7.11 Å². The van der Waals surface area contributed by atoms with E-state index in [1.807, 2.05) is 17.0 Å². The Kier molecular flexibility index (Phi) is 7.00. The Labute approximate surface area is 172 Å². The lowest BCUT2D eigenvalue weighted by atomic mass is 9.79. The molecule has 160 valence electrons. The number of carbonyl (C=O) groups is 2. The van der Waals surface area contributed by atoms with Crippen LogP contribution in [-0.2, 0) is 20.9 Å². The molecule has 2 aliphatic rings. The number of amides is 1. The zero-order valence-electron chi connectivity index (χ0n) is 17.7. The second-order valence-electron chi connectivity index (χ2n) is 8.11. The molecule has 0 saturated carbocycles. The van der Waals surface area contributed by atoms with Crippen LogP contribution in [0.2, 0.25) is 0 Å². The summed E-state index contributed by atoms with van der Waals surface area (Å²) < 4.78 is 15.7. The average Bonchev–Trinajstić information content (AvgIpc) is 3.14. The summed E-state index contributed by atoms with van der Waals surface area (Å²) in [7, 11) is 4.68. The van der Waals surface area contributed by atoms with Crippen LogP contribution in [0.25, 0.3) is 0 Å². The minimum absolute atomic E-state index is 0.0545. The molecular weight excluding hydrogens is 372 g/mol. The maximum absolute atomic E-state index is 12.5. The Balaban J connectivity index is 1.61. The van der Waals surface area contributed by atoms with Gasteiger partial charge in [0, 0.05) is 43.6 Å². The van der Waals surface area contributed by atoms with E-state index in [0.29, 0.717) is 0 Å². The van der Waals surface area contributed by atoms with Gasteiger partial charge in [0.25, 0.3) is 0 Å². The molecule has 3 rings (SSSR count). The Hall–Kier alpha value is -2.28. The third kappa shape index (κ3) is 5.01. The highest BCUT2D eigenvalue weighted by molar-refractivity contribution is 5.81. The van der Waals surface area contributed by atoms with Gasteiger partial charge in [-0.3, -0.25) is 14.5 Å². The second kappa shape index (κ2) is 9.48. The van der Waals surface area contributed by atoms with E-state index in [4.69, 9.17) is 9.47 Å². The van der Waals surface area contributed by atoms with Gasteiger partial charge in [-0.25, -0.2) is 0 Å². The first kappa shape index (κ1) is 21.4. The second-order valence-corrected chi connectivity index (χ2v) is 8.11. The number of para-hydroxylation sites is 1. The molecule has 1 spiro atoms. The van der Waals surface area contributed by atoms with Crippen molar-refractivity contribution in [3.05, 3.63) is 23.8 Å². The van der Waals surface area contributed by atoms with Crippen molar-refractivity contribution in [1.82, 2.24) is 9.80 Å². The molecule has 0 radical (unpaired) electrons. The standard InChI is InChI=1S/C22H32N2O5/c1-27-18-7-4-6-17(21(18)29-3)14-23-12-5-10-22(15-23)11-13-24(16-22)19(25)8-9-20(26)28-2/h4,6-7H,5,8-16H2,1-3H3/t22-/m1/s1. The lowest BCUT2D eigenvalue weighted by molar-refractivity contribution is -0.143. The zero-order valence-corrected chi connectivity index (χ0v) is 17.7. The smallest absolute Gasteiger partial charge is 0.306 e. The number of esters is 1. The predicted octanol–water partition coefficient (Wildman–Crippen LogP) is 2.47. The Morgan fingerprint density at radius 2 is 1.86 bits per heavy atom. The fourth-order valence-electron chi connectivity index (χ4n) is 4.71. The Morgan fingerprint density at radius 3 is 2.59 bits per heavy atom. The molecule has 2 fully saturated rings. The molecule has 0 aliphatic carbocycles. The van der Waals surface area contributed by atoms with E-state index < -0.39 is 0 Å². The number of carbonyl (C=O) groups excluding carboxylic acids is 2. The zero-order chi connectivity index (χ0) is 20.9. The van der Waals surface area contributed by atoms with E-state index in [2.05, 4.69) is 15.7 Å². The van der Waals surface area contributed by atoms with Gasteiger partial charge in [0.2, 0.25) is 5.91 Å². The number of hydrogen-bond donors (Lipinski definition) is 0. The van der Waals surface area contributed by atoms with Crippen molar-refractivity contribution < 1.29 is 23.8 Å². The van der Waals surface area contributed by atoms with Crippen LogP contribution in [0.3, 0.4) is 0 Å². The molecule has 7 nitrogen and oxygen atoms in total. The van der Waals surface area contributed by atoms with Crippen LogP contribution in [0, 0.1) is 5.41 Å². The Morgan fingerprint density at radius 1 is 1.03 bits per heavy atom. The van der Waals surface area contributed by atoms with Crippen molar-refractivity contribution in [3.8, 4) is 11.5 Å². The minimum Gasteiger partial charge on any atom is -0.493 e. The van der Waals surface area contributed by atoms with Gasteiger partial charge in [-0.05, 0) is 31.9 Å². The fraction of sp³-hybridized carbons (Fsp3) is 0.636. The van der Waals surface area contributed by atoms with Crippen LogP contribution >= 0.6 is 0 Å². The first-order valence-corrected chi connectivity index (χ1v) is 10.3. The summed E-state index contributed by atoms with van der Waals surface area (Å²) in [6.45, 7) is 4.36. The number of methoxy groups -OCH3 is 3. The predicted molar refractivity (Wildman–Crippen MR) is 109 cm³/mol. The van der Waals surface area contributed by atoms with Crippen LogP contribution < -0.4 is 9.47 Å². The molecule has 0 unspecified atom stereocenters. The number of ether oxygens (including phenoxy) is 3. The maximum Gasteiger partial charge on any atom is 0.306 e. The highest BCUT2D eigenvalue weighted by Gasteiger charge is 2.42. The molecule has 2 heterocycles. The molecule has 1 amide bonds. The molecule has 1 atom stereocenters. The molecule has 0 bridgehead atoms. The summed E-state index contributed by atoms with van der Waals surface area (Å²) in [5.74, 6) is 1.27. The highest BCUT2D eigenvalue weighted by atomic mass is 16.5. The minimum atomic E-state index is -0.330. The van der Waals surface area contributed by atoms with Gasteiger partial charge >= 0.3 is 5.97 Å². The summed E-state index contributed by atoms with van der Waals surface area (Å²) in [6, 6.07) is 5.99. The van der Waals surface area contributed by atoms with Crippen molar-refractivity contribution in [2.45, 2.75) is 38.6 Å². The lowest BCUT2D eigenvalue weighted by Gasteiger charge is -2.40. The molecule has 7 heteroatoms. The number of benzene rings is 1. The normalized spacial score (nSPS) is 22.0. The van der Waals surface area contributed by atoms with Crippen molar-refractivity contribution in [2.75, 3.05) is 47.5 Å². The summed E-state index contributed by atoms with van der Waals surface area (Å²) in [5, 5.41) is 0. The first-order chi connectivity index (χ1) is 14.0. The van der Waals surface area contributed by atoms with E-state index in [1.54, 1.807) is 14.2 Å². The first-order valence-electron chi connectivity index (χ1n) is 10.3. The monoisotopic (exact) mass is 404 g/mol. The third-order valence-electron chi connectivity index (χ3n) is 6.18. The largest absolute Gasteiger partial charge is 0.493 e.